The van der Waals surface area contributed by atoms with Crippen molar-refractivity contribution in [2.45, 2.75) is 58.8 Å². The van der Waals surface area contributed by atoms with Crippen molar-refractivity contribution in [3.63, 3.8) is 0 Å². The fourth-order valence-corrected chi connectivity index (χ4v) is 9.55. The lowest BCUT2D eigenvalue weighted by molar-refractivity contribution is -0.123. The molecule has 0 saturated heterocycles. The summed E-state index contributed by atoms with van der Waals surface area (Å²) in [7, 11) is -0.917. The van der Waals surface area contributed by atoms with Crippen molar-refractivity contribution < 1.29 is 18.7 Å². The van der Waals surface area contributed by atoms with Gasteiger partial charge in [0.2, 0.25) is 0 Å². The van der Waals surface area contributed by atoms with Crippen molar-refractivity contribution in [3.05, 3.63) is 90.5 Å². The number of ether oxygens (including phenoxy) is 2. The lowest BCUT2D eigenvalue weighted by Crippen LogP contribution is -2.66. The van der Waals surface area contributed by atoms with Crippen LogP contribution in [-0.2, 0) is 20.6 Å². The van der Waals surface area contributed by atoms with Crippen LogP contribution < -0.4 is 15.1 Å². The molecule has 3 atom stereocenters. The maximum atomic E-state index is 11.9. The standard InChI is InChI=1S/C32H42O4Si/c1-25(26(2)31(23-33)35-24-27-17-19-28(34-6)20-18-27)21-22-36-37(32(3,4)5,29-13-9-7-10-14-29)30-15-11-8-12-16-30/h7-20,23,25-26,31H,21-22,24H2,1-6H3/t25-,26+,31-/m0/s1. The Labute approximate surface area is 224 Å². The van der Waals surface area contributed by atoms with Crippen LogP contribution in [0.15, 0.2) is 84.9 Å². The Morgan fingerprint density at radius 3 is 1.84 bits per heavy atom. The topological polar surface area (TPSA) is 44.8 Å². The van der Waals surface area contributed by atoms with Crippen LogP contribution in [0.25, 0.3) is 0 Å². The SMILES string of the molecule is COc1ccc(CO[C@@H](C=O)[C@H](C)[C@@H](C)CCO[Si](c2ccccc2)(c2ccccc2)C(C)(C)C)cc1. The molecular weight excluding hydrogens is 476 g/mol. The van der Waals surface area contributed by atoms with E-state index in [1.807, 2.05) is 24.3 Å². The molecule has 0 aromatic heterocycles. The molecule has 0 radical (unpaired) electrons. The zero-order chi connectivity index (χ0) is 26.9. The van der Waals surface area contributed by atoms with Gasteiger partial charge in [0.05, 0.1) is 13.7 Å². The molecule has 3 rings (SSSR count). The zero-order valence-electron chi connectivity index (χ0n) is 23.1. The van der Waals surface area contributed by atoms with Gasteiger partial charge in [-0.2, -0.15) is 0 Å². The maximum Gasteiger partial charge on any atom is 0.261 e. The van der Waals surface area contributed by atoms with Gasteiger partial charge in [0.15, 0.2) is 0 Å². The number of carbonyl (C=O) groups excluding carboxylic acids is 1. The molecule has 0 aliphatic heterocycles. The van der Waals surface area contributed by atoms with E-state index in [1.54, 1.807) is 7.11 Å². The summed E-state index contributed by atoms with van der Waals surface area (Å²) in [5, 5.41) is 2.50. The molecule has 0 unspecified atom stereocenters. The highest BCUT2D eigenvalue weighted by Gasteiger charge is 2.50. The summed E-state index contributed by atoms with van der Waals surface area (Å²) in [4.78, 5) is 11.9. The minimum atomic E-state index is -2.56. The van der Waals surface area contributed by atoms with Gasteiger partial charge in [-0.05, 0) is 51.4 Å². The van der Waals surface area contributed by atoms with E-state index in [1.165, 1.54) is 10.4 Å². The summed E-state index contributed by atoms with van der Waals surface area (Å²) < 4.78 is 18.3. The molecular formula is C32H42O4Si. The molecule has 4 nitrogen and oxygen atoms in total. The molecule has 3 aromatic rings. The second kappa shape index (κ2) is 13.2. The van der Waals surface area contributed by atoms with Gasteiger partial charge in [0.1, 0.15) is 18.1 Å². The summed E-state index contributed by atoms with van der Waals surface area (Å²) in [6.07, 6.45) is 1.32. The smallest absolute Gasteiger partial charge is 0.261 e. The third-order valence-corrected chi connectivity index (χ3v) is 12.5. The first-order valence-corrected chi connectivity index (χ1v) is 15.1. The second-order valence-electron chi connectivity index (χ2n) is 10.9. The van der Waals surface area contributed by atoms with Gasteiger partial charge in [-0.15, -0.1) is 0 Å². The summed E-state index contributed by atoms with van der Waals surface area (Å²) in [6, 6.07) is 29.1. The van der Waals surface area contributed by atoms with Crippen LogP contribution in [0.5, 0.6) is 5.75 Å². The van der Waals surface area contributed by atoms with Crippen LogP contribution in [0.3, 0.4) is 0 Å². The quantitative estimate of drug-likeness (QED) is 0.205. The van der Waals surface area contributed by atoms with E-state index in [9.17, 15) is 4.79 Å². The molecule has 0 amide bonds. The number of methoxy groups -OCH3 is 1. The molecule has 0 bridgehead atoms. The number of hydrogen-bond donors (Lipinski definition) is 0. The average Bonchev–Trinajstić information content (AvgIpc) is 2.92. The molecule has 0 fully saturated rings. The van der Waals surface area contributed by atoms with Crippen LogP contribution >= 0.6 is 0 Å². The van der Waals surface area contributed by atoms with Crippen LogP contribution in [0, 0.1) is 11.8 Å². The van der Waals surface area contributed by atoms with Gasteiger partial charge in [-0.1, -0.05) is 107 Å². The van der Waals surface area contributed by atoms with Crippen molar-refractivity contribution in [2.75, 3.05) is 13.7 Å². The summed E-state index contributed by atoms with van der Waals surface area (Å²) in [6.45, 7) is 12.2. The zero-order valence-corrected chi connectivity index (χ0v) is 24.1. The van der Waals surface area contributed by atoms with Crippen molar-refractivity contribution in [3.8, 4) is 5.75 Å². The molecule has 0 aliphatic carbocycles. The van der Waals surface area contributed by atoms with Gasteiger partial charge in [-0.3, -0.25) is 0 Å². The maximum absolute atomic E-state index is 11.9. The Morgan fingerprint density at radius 1 is 0.838 bits per heavy atom. The van der Waals surface area contributed by atoms with Gasteiger partial charge in [0, 0.05) is 6.61 Å². The largest absolute Gasteiger partial charge is 0.497 e. The van der Waals surface area contributed by atoms with Crippen LogP contribution in [-0.4, -0.2) is 34.4 Å². The fourth-order valence-electron chi connectivity index (χ4n) is 4.98. The fraction of sp³-hybridized carbons (Fsp3) is 0.406. The predicted molar refractivity (Wildman–Crippen MR) is 154 cm³/mol. The number of carbonyl (C=O) groups is 1. The lowest BCUT2D eigenvalue weighted by atomic mass is 9.89. The third-order valence-electron chi connectivity index (χ3n) is 7.46. The monoisotopic (exact) mass is 518 g/mol. The average molecular weight is 519 g/mol. The van der Waals surface area contributed by atoms with Gasteiger partial charge in [0.25, 0.3) is 8.32 Å². The minimum Gasteiger partial charge on any atom is -0.497 e. The molecule has 37 heavy (non-hydrogen) atoms. The Hall–Kier alpha value is -2.73. The molecule has 3 aromatic carbocycles. The van der Waals surface area contributed by atoms with E-state index in [0.717, 1.165) is 24.0 Å². The van der Waals surface area contributed by atoms with Crippen LogP contribution in [0.2, 0.25) is 5.04 Å². The molecule has 0 N–H and O–H groups in total. The van der Waals surface area contributed by atoms with Crippen molar-refractivity contribution in [2.24, 2.45) is 11.8 Å². The van der Waals surface area contributed by atoms with Crippen LogP contribution in [0.4, 0.5) is 0 Å². The predicted octanol–water partition coefficient (Wildman–Crippen LogP) is 6.02. The summed E-state index contributed by atoms with van der Waals surface area (Å²) >= 11 is 0. The molecule has 0 spiro atoms. The van der Waals surface area contributed by atoms with Gasteiger partial charge in [-0.25, -0.2) is 0 Å². The first kappa shape index (κ1) is 28.8. The highest BCUT2D eigenvalue weighted by atomic mass is 28.4. The third kappa shape index (κ3) is 6.98. The number of rotatable bonds is 13. The summed E-state index contributed by atoms with van der Waals surface area (Å²) in [5.74, 6) is 1.13. The minimum absolute atomic E-state index is 0.0582. The van der Waals surface area contributed by atoms with E-state index in [4.69, 9.17) is 13.9 Å². The second-order valence-corrected chi connectivity index (χ2v) is 15.2. The molecule has 5 heteroatoms. The van der Waals surface area contributed by atoms with Gasteiger partial charge < -0.3 is 18.7 Å². The number of benzene rings is 3. The van der Waals surface area contributed by atoms with E-state index >= 15 is 0 Å². The molecule has 198 valence electrons. The number of hydrogen-bond acceptors (Lipinski definition) is 4. The van der Waals surface area contributed by atoms with E-state index < -0.39 is 14.4 Å². The lowest BCUT2D eigenvalue weighted by Gasteiger charge is -2.43. The first-order valence-electron chi connectivity index (χ1n) is 13.2. The molecule has 0 heterocycles. The Kier molecular flexibility index (Phi) is 10.3. The van der Waals surface area contributed by atoms with Crippen molar-refractivity contribution in [1.82, 2.24) is 0 Å². The molecule has 0 saturated carbocycles. The van der Waals surface area contributed by atoms with E-state index in [-0.39, 0.29) is 16.9 Å². The Bertz CT molecular complexity index is 1040. The first-order chi connectivity index (χ1) is 17.7. The number of aldehydes is 1. The Morgan fingerprint density at radius 2 is 1.38 bits per heavy atom. The highest BCUT2D eigenvalue weighted by Crippen LogP contribution is 2.37. The van der Waals surface area contributed by atoms with Crippen molar-refractivity contribution >= 4 is 25.0 Å². The van der Waals surface area contributed by atoms with Gasteiger partial charge >= 0.3 is 0 Å². The molecule has 0 aliphatic rings. The van der Waals surface area contributed by atoms with E-state index in [0.29, 0.717) is 13.2 Å². The van der Waals surface area contributed by atoms with Crippen molar-refractivity contribution in [1.29, 1.82) is 0 Å². The highest BCUT2D eigenvalue weighted by molar-refractivity contribution is 6.99. The van der Waals surface area contributed by atoms with Crippen LogP contribution in [0.1, 0.15) is 46.6 Å². The summed E-state index contributed by atoms with van der Waals surface area (Å²) in [5.41, 5.74) is 1.02. The van der Waals surface area contributed by atoms with E-state index in [2.05, 4.69) is 95.3 Å². The Balaban J connectivity index is 1.70. The normalized spacial score (nSPS) is 14.5.